The average molecular weight is 336 g/mol. The second kappa shape index (κ2) is 5.83. The van der Waals surface area contributed by atoms with E-state index in [1.54, 1.807) is 6.07 Å². The molecule has 3 rings (SSSR count). The summed E-state index contributed by atoms with van der Waals surface area (Å²) in [5, 5.41) is 3.25. The molecule has 1 aliphatic heterocycles. The van der Waals surface area contributed by atoms with Crippen LogP contribution in [0.4, 0.5) is 10.1 Å². The van der Waals surface area contributed by atoms with Crippen molar-refractivity contribution in [3.05, 3.63) is 57.8 Å². The van der Waals surface area contributed by atoms with Crippen molar-refractivity contribution in [3.63, 3.8) is 0 Å². The molecule has 0 radical (unpaired) electrons. The predicted octanol–water partition coefficient (Wildman–Crippen LogP) is 4.18. The molecule has 0 fully saturated rings. The zero-order valence-corrected chi connectivity index (χ0v) is 12.5. The van der Waals surface area contributed by atoms with Crippen LogP contribution in [0.2, 0.25) is 0 Å². The van der Waals surface area contributed by atoms with Crippen LogP contribution in [0.1, 0.15) is 11.1 Å². The number of ether oxygens (including phenoxy) is 1. The van der Waals surface area contributed by atoms with Gasteiger partial charge in [-0.2, -0.15) is 0 Å². The standard InChI is InChI=1S/C16H15BrFNO/c17-14-3-2-13(18)10-15(14)19-7-5-11-1-4-16-12(9-11)6-8-20-16/h1-4,9-10,19H,5-8H2. The van der Waals surface area contributed by atoms with E-state index in [9.17, 15) is 4.39 Å². The van der Waals surface area contributed by atoms with Crippen LogP contribution >= 0.6 is 15.9 Å². The van der Waals surface area contributed by atoms with Gasteiger partial charge in [-0.1, -0.05) is 12.1 Å². The van der Waals surface area contributed by atoms with Gasteiger partial charge < -0.3 is 10.1 Å². The number of benzene rings is 2. The SMILES string of the molecule is Fc1ccc(Br)c(NCCc2ccc3c(c2)CCO3)c1. The Hall–Kier alpha value is -1.55. The molecule has 0 saturated heterocycles. The third kappa shape index (κ3) is 2.96. The van der Waals surface area contributed by atoms with Crippen LogP contribution in [-0.2, 0) is 12.8 Å². The monoisotopic (exact) mass is 335 g/mol. The molecule has 0 atom stereocenters. The Labute approximate surface area is 126 Å². The molecule has 4 heteroatoms. The fourth-order valence-corrected chi connectivity index (χ4v) is 2.76. The van der Waals surface area contributed by atoms with Gasteiger partial charge in [-0.05, 0) is 57.7 Å². The molecule has 0 aliphatic carbocycles. The lowest BCUT2D eigenvalue weighted by atomic mass is 10.1. The van der Waals surface area contributed by atoms with Crippen molar-refractivity contribution in [2.24, 2.45) is 0 Å². The summed E-state index contributed by atoms with van der Waals surface area (Å²) >= 11 is 3.41. The van der Waals surface area contributed by atoms with Crippen LogP contribution in [0.5, 0.6) is 5.75 Å². The van der Waals surface area contributed by atoms with Crippen LogP contribution in [-0.4, -0.2) is 13.2 Å². The Kier molecular flexibility index (Phi) is 3.92. The van der Waals surface area contributed by atoms with Crippen molar-refractivity contribution in [2.75, 3.05) is 18.5 Å². The third-order valence-corrected chi connectivity index (χ3v) is 4.10. The zero-order chi connectivity index (χ0) is 13.9. The Morgan fingerprint density at radius 1 is 1.20 bits per heavy atom. The molecule has 0 saturated carbocycles. The van der Waals surface area contributed by atoms with Gasteiger partial charge in [0.1, 0.15) is 11.6 Å². The van der Waals surface area contributed by atoms with E-state index in [2.05, 4.69) is 33.4 Å². The Bertz CT molecular complexity index is 630. The minimum atomic E-state index is -0.231. The number of anilines is 1. The highest BCUT2D eigenvalue weighted by atomic mass is 79.9. The first kappa shape index (κ1) is 13.4. The number of halogens is 2. The van der Waals surface area contributed by atoms with Gasteiger partial charge in [-0.3, -0.25) is 0 Å². The molecule has 0 spiro atoms. The molecule has 2 aromatic rings. The molecule has 104 valence electrons. The summed E-state index contributed by atoms with van der Waals surface area (Å²) in [6.45, 7) is 1.55. The Morgan fingerprint density at radius 2 is 2.10 bits per heavy atom. The number of rotatable bonds is 4. The summed E-state index contributed by atoms with van der Waals surface area (Å²) in [4.78, 5) is 0. The molecular formula is C16H15BrFNO. The highest BCUT2D eigenvalue weighted by molar-refractivity contribution is 9.10. The number of nitrogens with one attached hydrogen (secondary N) is 1. The van der Waals surface area contributed by atoms with Gasteiger partial charge in [0.25, 0.3) is 0 Å². The maximum Gasteiger partial charge on any atom is 0.125 e. The van der Waals surface area contributed by atoms with E-state index >= 15 is 0 Å². The molecule has 1 heterocycles. The zero-order valence-electron chi connectivity index (χ0n) is 11.0. The van der Waals surface area contributed by atoms with Gasteiger partial charge in [0.05, 0.1) is 12.3 Å². The number of hydrogen-bond donors (Lipinski definition) is 1. The van der Waals surface area contributed by atoms with E-state index in [1.165, 1.54) is 23.3 Å². The van der Waals surface area contributed by atoms with Crippen molar-refractivity contribution in [1.82, 2.24) is 0 Å². The molecule has 2 aromatic carbocycles. The van der Waals surface area contributed by atoms with Crippen molar-refractivity contribution >= 4 is 21.6 Å². The van der Waals surface area contributed by atoms with E-state index < -0.39 is 0 Å². The topological polar surface area (TPSA) is 21.3 Å². The van der Waals surface area contributed by atoms with Gasteiger partial charge in [-0.25, -0.2) is 4.39 Å². The lowest BCUT2D eigenvalue weighted by Crippen LogP contribution is -2.05. The number of hydrogen-bond acceptors (Lipinski definition) is 2. The van der Waals surface area contributed by atoms with E-state index in [0.717, 1.165) is 41.9 Å². The lowest BCUT2D eigenvalue weighted by Gasteiger charge is -2.09. The largest absolute Gasteiger partial charge is 0.493 e. The summed E-state index contributed by atoms with van der Waals surface area (Å²) in [7, 11) is 0. The smallest absolute Gasteiger partial charge is 0.125 e. The van der Waals surface area contributed by atoms with Gasteiger partial charge in [0.15, 0.2) is 0 Å². The van der Waals surface area contributed by atoms with E-state index in [4.69, 9.17) is 4.74 Å². The van der Waals surface area contributed by atoms with E-state index in [0.29, 0.717) is 0 Å². The number of fused-ring (bicyclic) bond motifs is 1. The average Bonchev–Trinajstić information content (AvgIpc) is 2.90. The minimum Gasteiger partial charge on any atom is -0.493 e. The molecule has 0 aromatic heterocycles. The van der Waals surface area contributed by atoms with Crippen LogP contribution in [0.3, 0.4) is 0 Å². The van der Waals surface area contributed by atoms with Crippen molar-refractivity contribution < 1.29 is 9.13 Å². The highest BCUT2D eigenvalue weighted by Gasteiger charge is 2.11. The summed E-state index contributed by atoms with van der Waals surface area (Å²) in [6, 6.07) is 11.0. The van der Waals surface area contributed by atoms with Crippen LogP contribution in [0.15, 0.2) is 40.9 Å². The summed E-state index contributed by atoms with van der Waals surface area (Å²) in [6.07, 6.45) is 1.89. The molecule has 1 N–H and O–H groups in total. The first-order chi connectivity index (χ1) is 9.72. The van der Waals surface area contributed by atoms with Gasteiger partial charge in [-0.15, -0.1) is 0 Å². The lowest BCUT2D eigenvalue weighted by molar-refractivity contribution is 0.357. The van der Waals surface area contributed by atoms with Gasteiger partial charge in [0, 0.05) is 17.4 Å². The van der Waals surface area contributed by atoms with Gasteiger partial charge >= 0.3 is 0 Å². The maximum atomic E-state index is 13.2. The molecule has 2 nitrogen and oxygen atoms in total. The first-order valence-corrected chi connectivity index (χ1v) is 7.45. The fourth-order valence-electron chi connectivity index (χ4n) is 2.37. The molecule has 0 unspecified atom stereocenters. The summed E-state index contributed by atoms with van der Waals surface area (Å²) in [5.41, 5.74) is 3.35. The quantitative estimate of drug-likeness (QED) is 0.905. The Morgan fingerprint density at radius 3 is 3.00 bits per heavy atom. The van der Waals surface area contributed by atoms with Crippen molar-refractivity contribution in [2.45, 2.75) is 12.8 Å². The van der Waals surface area contributed by atoms with Crippen molar-refractivity contribution in [1.29, 1.82) is 0 Å². The molecular weight excluding hydrogens is 321 g/mol. The molecule has 1 aliphatic rings. The van der Waals surface area contributed by atoms with Gasteiger partial charge in [0.2, 0.25) is 0 Å². The third-order valence-electron chi connectivity index (χ3n) is 3.41. The first-order valence-electron chi connectivity index (χ1n) is 6.66. The molecule has 0 bridgehead atoms. The van der Waals surface area contributed by atoms with E-state index in [-0.39, 0.29) is 5.82 Å². The fraction of sp³-hybridized carbons (Fsp3) is 0.250. The summed E-state index contributed by atoms with van der Waals surface area (Å²) in [5.74, 6) is 0.778. The van der Waals surface area contributed by atoms with E-state index in [1.807, 2.05) is 6.07 Å². The van der Waals surface area contributed by atoms with Crippen LogP contribution in [0, 0.1) is 5.82 Å². The second-order valence-corrected chi connectivity index (χ2v) is 5.70. The Balaban J connectivity index is 1.61. The second-order valence-electron chi connectivity index (χ2n) is 4.84. The predicted molar refractivity (Wildman–Crippen MR) is 81.9 cm³/mol. The molecule has 20 heavy (non-hydrogen) atoms. The van der Waals surface area contributed by atoms with Crippen LogP contribution in [0.25, 0.3) is 0 Å². The minimum absolute atomic E-state index is 0.231. The van der Waals surface area contributed by atoms with Crippen LogP contribution < -0.4 is 10.1 Å². The normalized spacial score (nSPS) is 12.9. The molecule has 0 amide bonds. The maximum absolute atomic E-state index is 13.2. The highest BCUT2D eigenvalue weighted by Crippen LogP contribution is 2.26. The summed E-state index contributed by atoms with van der Waals surface area (Å²) < 4.78 is 19.5. The van der Waals surface area contributed by atoms with Crippen molar-refractivity contribution in [3.8, 4) is 5.75 Å².